The Hall–Kier alpha value is -2.97. The van der Waals surface area contributed by atoms with E-state index in [1.165, 1.54) is 18.2 Å². The van der Waals surface area contributed by atoms with Crippen molar-refractivity contribution in [3.8, 4) is 0 Å². The first-order valence-corrected chi connectivity index (χ1v) is 10.2. The van der Waals surface area contributed by atoms with Crippen LogP contribution in [0.4, 0.5) is 21.5 Å². The third kappa shape index (κ3) is 5.21. The summed E-state index contributed by atoms with van der Waals surface area (Å²) in [7, 11) is 1.66. The fraction of sp³-hybridized carbons (Fsp3) is 0.318. The Bertz CT molecular complexity index is 1020. The van der Waals surface area contributed by atoms with E-state index in [4.69, 9.17) is 11.6 Å². The summed E-state index contributed by atoms with van der Waals surface area (Å²) in [5.74, 6) is -1.33. The molecular weight excluding hydrogens is 423 g/mol. The molecule has 0 saturated heterocycles. The van der Waals surface area contributed by atoms with Crippen molar-refractivity contribution >= 4 is 46.4 Å². The molecular formula is C22H24ClFN4O3. The number of hydrogen-bond acceptors (Lipinski definition) is 4. The molecule has 3 amide bonds. The van der Waals surface area contributed by atoms with Gasteiger partial charge in [0.05, 0.1) is 29.0 Å². The maximum Gasteiger partial charge on any atom is 0.241 e. The molecule has 31 heavy (non-hydrogen) atoms. The quantitative estimate of drug-likeness (QED) is 0.736. The third-order valence-electron chi connectivity index (χ3n) is 5.24. The maximum atomic E-state index is 13.3. The standard InChI is InChI=1S/C22H24ClFN4O3/c1-13-10-20(29)26-18-6-4-5-7-19(18)28(13)21(30)12-27(3)14(2)22(31)25-15-8-9-17(24)16(23)11-15/h4-9,11,13-14H,10,12H2,1-3H3,(H,25,31)(H,26,29)/t13-,14+/m1/s1. The number of hydrogen-bond donors (Lipinski definition) is 2. The minimum Gasteiger partial charge on any atom is -0.325 e. The second kappa shape index (κ2) is 9.45. The average Bonchev–Trinajstić information content (AvgIpc) is 2.84. The van der Waals surface area contributed by atoms with E-state index < -0.39 is 11.9 Å². The number of halogens is 2. The van der Waals surface area contributed by atoms with Gasteiger partial charge >= 0.3 is 0 Å². The summed E-state index contributed by atoms with van der Waals surface area (Å²) >= 11 is 5.76. The van der Waals surface area contributed by atoms with Crippen molar-refractivity contribution in [1.29, 1.82) is 0 Å². The highest BCUT2D eigenvalue weighted by Gasteiger charge is 2.31. The van der Waals surface area contributed by atoms with Gasteiger partial charge in [0.2, 0.25) is 17.7 Å². The van der Waals surface area contributed by atoms with Crippen molar-refractivity contribution < 1.29 is 18.8 Å². The van der Waals surface area contributed by atoms with Crippen LogP contribution < -0.4 is 15.5 Å². The molecule has 0 bridgehead atoms. The van der Waals surface area contributed by atoms with E-state index in [1.807, 2.05) is 6.92 Å². The van der Waals surface area contributed by atoms with Gasteiger partial charge in [-0.05, 0) is 51.2 Å². The Morgan fingerprint density at radius 2 is 2.03 bits per heavy atom. The zero-order valence-corrected chi connectivity index (χ0v) is 18.2. The van der Waals surface area contributed by atoms with Gasteiger partial charge in [0.25, 0.3) is 0 Å². The van der Waals surface area contributed by atoms with Crippen LogP contribution in [0.3, 0.4) is 0 Å². The summed E-state index contributed by atoms with van der Waals surface area (Å²) in [6.45, 7) is 3.44. The highest BCUT2D eigenvalue weighted by Crippen LogP contribution is 2.31. The lowest BCUT2D eigenvalue weighted by atomic mass is 10.1. The molecule has 0 saturated carbocycles. The predicted molar refractivity (Wildman–Crippen MR) is 119 cm³/mol. The number of nitrogens with zero attached hydrogens (tertiary/aromatic N) is 2. The summed E-state index contributed by atoms with van der Waals surface area (Å²) in [4.78, 5) is 41.1. The van der Waals surface area contributed by atoms with E-state index in [0.29, 0.717) is 17.1 Å². The van der Waals surface area contributed by atoms with Crippen LogP contribution in [-0.2, 0) is 14.4 Å². The van der Waals surface area contributed by atoms with Crippen molar-refractivity contribution in [2.24, 2.45) is 0 Å². The molecule has 1 aliphatic heterocycles. The first-order valence-electron chi connectivity index (χ1n) is 9.84. The highest BCUT2D eigenvalue weighted by molar-refractivity contribution is 6.31. The van der Waals surface area contributed by atoms with Crippen molar-refractivity contribution in [2.75, 3.05) is 29.1 Å². The zero-order valence-electron chi connectivity index (χ0n) is 17.5. The molecule has 2 aromatic rings. The lowest BCUT2D eigenvalue weighted by molar-refractivity contribution is -0.123. The maximum absolute atomic E-state index is 13.3. The van der Waals surface area contributed by atoms with E-state index in [-0.39, 0.29) is 41.8 Å². The summed E-state index contributed by atoms with van der Waals surface area (Å²) in [5, 5.41) is 5.40. The number of para-hydroxylation sites is 2. The molecule has 0 unspecified atom stereocenters. The molecule has 0 aromatic heterocycles. The van der Waals surface area contributed by atoms with Crippen molar-refractivity contribution in [2.45, 2.75) is 32.4 Å². The largest absolute Gasteiger partial charge is 0.325 e. The van der Waals surface area contributed by atoms with Gasteiger partial charge in [-0.2, -0.15) is 0 Å². The molecule has 2 N–H and O–H groups in total. The fourth-order valence-corrected chi connectivity index (χ4v) is 3.60. The Labute approximate surface area is 185 Å². The van der Waals surface area contributed by atoms with Gasteiger partial charge in [0.15, 0.2) is 0 Å². The lowest BCUT2D eigenvalue weighted by Crippen LogP contribution is -2.48. The molecule has 1 aliphatic rings. The molecule has 9 heteroatoms. The van der Waals surface area contributed by atoms with Crippen LogP contribution in [-0.4, -0.2) is 48.3 Å². The van der Waals surface area contributed by atoms with Crippen molar-refractivity contribution in [1.82, 2.24) is 4.90 Å². The van der Waals surface area contributed by atoms with Gasteiger partial charge in [-0.3, -0.25) is 19.3 Å². The summed E-state index contributed by atoms with van der Waals surface area (Å²) in [5.41, 5.74) is 1.56. The molecule has 0 spiro atoms. The number of amides is 3. The summed E-state index contributed by atoms with van der Waals surface area (Å²) < 4.78 is 13.3. The van der Waals surface area contributed by atoms with Crippen LogP contribution in [0.5, 0.6) is 0 Å². The minimum atomic E-state index is -0.648. The molecule has 2 atom stereocenters. The van der Waals surface area contributed by atoms with Crippen LogP contribution in [0.2, 0.25) is 5.02 Å². The van der Waals surface area contributed by atoms with Crippen LogP contribution in [0.1, 0.15) is 20.3 Å². The Morgan fingerprint density at radius 1 is 1.32 bits per heavy atom. The molecule has 1 heterocycles. The number of likely N-dealkylation sites (N-methyl/N-ethyl adjacent to an activating group) is 1. The summed E-state index contributed by atoms with van der Waals surface area (Å²) in [6, 6.07) is 10.0. The number of benzene rings is 2. The SMILES string of the molecule is C[C@@H]1CC(=O)Nc2ccccc2N1C(=O)CN(C)[C@@H](C)C(=O)Nc1ccc(F)c(Cl)c1. The van der Waals surface area contributed by atoms with Gasteiger partial charge in [-0.15, -0.1) is 0 Å². The molecule has 2 aromatic carbocycles. The van der Waals surface area contributed by atoms with Crippen LogP contribution >= 0.6 is 11.6 Å². The third-order valence-corrected chi connectivity index (χ3v) is 5.53. The van der Waals surface area contributed by atoms with E-state index in [0.717, 1.165) is 0 Å². The van der Waals surface area contributed by atoms with Crippen molar-refractivity contribution in [3.63, 3.8) is 0 Å². The minimum absolute atomic E-state index is 0.0361. The summed E-state index contributed by atoms with van der Waals surface area (Å²) in [6.07, 6.45) is 0.172. The van der Waals surface area contributed by atoms with Gasteiger partial charge in [0.1, 0.15) is 5.82 Å². The predicted octanol–water partition coefficient (Wildman–Crippen LogP) is 3.50. The number of carbonyl (C=O) groups is 3. The Kier molecular flexibility index (Phi) is 6.92. The number of nitrogens with one attached hydrogen (secondary N) is 2. The van der Waals surface area contributed by atoms with Crippen LogP contribution in [0.25, 0.3) is 0 Å². The van der Waals surface area contributed by atoms with Gasteiger partial charge in [-0.25, -0.2) is 4.39 Å². The monoisotopic (exact) mass is 446 g/mol. The molecule has 3 rings (SSSR count). The van der Waals surface area contributed by atoms with Gasteiger partial charge in [-0.1, -0.05) is 23.7 Å². The number of anilines is 3. The van der Waals surface area contributed by atoms with Gasteiger partial charge in [0, 0.05) is 18.2 Å². The normalized spacial score (nSPS) is 16.9. The second-order valence-corrected chi connectivity index (χ2v) is 8.00. The Morgan fingerprint density at radius 3 is 2.74 bits per heavy atom. The smallest absolute Gasteiger partial charge is 0.241 e. The first kappa shape index (κ1) is 22.7. The lowest BCUT2D eigenvalue weighted by Gasteiger charge is -2.31. The van der Waals surface area contributed by atoms with Crippen molar-refractivity contribution in [3.05, 3.63) is 53.3 Å². The van der Waals surface area contributed by atoms with E-state index >= 15 is 0 Å². The topological polar surface area (TPSA) is 81.8 Å². The van der Waals surface area contributed by atoms with E-state index in [2.05, 4.69) is 10.6 Å². The number of carbonyl (C=O) groups excluding carboxylic acids is 3. The molecule has 164 valence electrons. The number of fused-ring (bicyclic) bond motifs is 1. The van der Waals surface area contributed by atoms with E-state index in [9.17, 15) is 18.8 Å². The first-order chi connectivity index (χ1) is 14.7. The average molecular weight is 447 g/mol. The van der Waals surface area contributed by atoms with Crippen LogP contribution in [0.15, 0.2) is 42.5 Å². The second-order valence-electron chi connectivity index (χ2n) is 7.59. The highest BCUT2D eigenvalue weighted by atomic mass is 35.5. The van der Waals surface area contributed by atoms with Crippen LogP contribution in [0, 0.1) is 5.82 Å². The molecule has 0 radical (unpaired) electrons. The molecule has 0 aliphatic carbocycles. The number of rotatable bonds is 5. The zero-order chi connectivity index (χ0) is 22.7. The fourth-order valence-electron chi connectivity index (χ4n) is 3.42. The van der Waals surface area contributed by atoms with Gasteiger partial charge < -0.3 is 15.5 Å². The molecule has 7 nitrogen and oxygen atoms in total. The molecule has 0 fully saturated rings. The van der Waals surface area contributed by atoms with E-state index in [1.54, 1.807) is 48.0 Å². The Balaban J connectivity index is 1.70.